The molecule has 1 fully saturated rings. The van der Waals surface area contributed by atoms with Gasteiger partial charge in [0.25, 0.3) is 0 Å². The van der Waals surface area contributed by atoms with Crippen LogP contribution < -0.4 is 9.47 Å². The number of aliphatic hydroxyl groups is 1. The van der Waals surface area contributed by atoms with Gasteiger partial charge in [0.05, 0.1) is 6.54 Å². The van der Waals surface area contributed by atoms with Crippen molar-refractivity contribution < 1.29 is 14.6 Å². The first-order chi connectivity index (χ1) is 15.1. The number of aryl methyl sites for hydroxylation is 1. The molecule has 1 atom stereocenters. The van der Waals surface area contributed by atoms with E-state index in [0.29, 0.717) is 19.8 Å². The number of imidazole rings is 1. The Kier molecular flexibility index (Phi) is 6.89. The van der Waals surface area contributed by atoms with Crippen molar-refractivity contribution in [2.75, 3.05) is 26.3 Å². The molecular weight excluding hydrogens is 390 g/mol. The maximum Gasteiger partial charge on any atom is 0.119 e. The molecule has 4 rings (SSSR count). The molecule has 1 aromatic heterocycles. The first kappa shape index (κ1) is 21.4. The minimum Gasteiger partial charge on any atom is -0.492 e. The minimum absolute atomic E-state index is 0.310. The van der Waals surface area contributed by atoms with Crippen LogP contribution in [0.4, 0.5) is 0 Å². The summed E-state index contributed by atoms with van der Waals surface area (Å²) in [7, 11) is 0. The van der Waals surface area contributed by atoms with Gasteiger partial charge in [-0.2, -0.15) is 0 Å². The molecule has 0 unspecified atom stereocenters. The van der Waals surface area contributed by atoms with Crippen LogP contribution in [-0.2, 0) is 13.1 Å². The standard InChI is InChI=1S/C25H31N3O3/c1-21-26-12-14-28(21)15-16-30-24-10-5-7-22(17-24)18-27-13-6-11-25(29,19-27)20-31-23-8-3-2-4-9-23/h2-5,7-10,12,14,17,29H,6,11,13,15-16,18-20H2,1H3/t25-/m1/s1. The van der Waals surface area contributed by atoms with Crippen LogP contribution in [0.15, 0.2) is 67.0 Å². The van der Waals surface area contributed by atoms with Gasteiger partial charge >= 0.3 is 0 Å². The third-order valence-corrected chi connectivity index (χ3v) is 5.71. The average Bonchev–Trinajstić information content (AvgIpc) is 3.18. The van der Waals surface area contributed by atoms with Gasteiger partial charge in [-0.05, 0) is 56.1 Å². The van der Waals surface area contributed by atoms with Gasteiger partial charge in [0.1, 0.15) is 36.1 Å². The van der Waals surface area contributed by atoms with Gasteiger partial charge in [0.15, 0.2) is 0 Å². The van der Waals surface area contributed by atoms with E-state index in [4.69, 9.17) is 9.47 Å². The molecule has 164 valence electrons. The molecular formula is C25H31N3O3. The second kappa shape index (κ2) is 9.98. The fourth-order valence-electron chi connectivity index (χ4n) is 4.09. The molecule has 31 heavy (non-hydrogen) atoms. The van der Waals surface area contributed by atoms with Crippen LogP contribution in [0.2, 0.25) is 0 Å². The van der Waals surface area contributed by atoms with E-state index in [-0.39, 0.29) is 0 Å². The van der Waals surface area contributed by atoms with Gasteiger partial charge in [-0.3, -0.25) is 4.90 Å². The van der Waals surface area contributed by atoms with E-state index >= 15 is 0 Å². The highest BCUT2D eigenvalue weighted by atomic mass is 16.5. The summed E-state index contributed by atoms with van der Waals surface area (Å²) in [4.78, 5) is 6.53. The average molecular weight is 422 g/mol. The van der Waals surface area contributed by atoms with E-state index in [2.05, 4.69) is 26.6 Å². The highest BCUT2D eigenvalue weighted by Gasteiger charge is 2.34. The number of para-hydroxylation sites is 1. The first-order valence-electron chi connectivity index (χ1n) is 10.9. The lowest BCUT2D eigenvalue weighted by molar-refractivity contribution is -0.0621. The summed E-state index contributed by atoms with van der Waals surface area (Å²) in [6.07, 6.45) is 5.48. The molecule has 0 spiro atoms. The van der Waals surface area contributed by atoms with E-state index in [9.17, 15) is 5.11 Å². The van der Waals surface area contributed by atoms with Gasteiger partial charge in [-0.25, -0.2) is 4.98 Å². The molecule has 6 heteroatoms. The molecule has 2 aromatic carbocycles. The van der Waals surface area contributed by atoms with Gasteiger partial charge in [0, 0.05) is 25.5 Å². The summed E-state index contributed by atoms with van der Waals surface area (Å²) in [5.74, 6) is 2.66. The Balaban J connectivity index is 1.29. The van der Waals surface area contributed by atoms with Crippen LogP contribution in [0.5, 0.6) is 11.5 Å². The van der Waals surface area contributed by atoms with Crippen molar-refractivity contribution in [2.45, 2.75) is 38.5 Å². The fraction of sp³-hybridized carbons (Fsp3) is 0.400. The zero-order chi connectivity index (χ0) is 21.5. The van der Waals surface area contributed by atoms with Crippen molar-refractivity contribution >= 4 is 0 Å². The number of β-amino-alcohol motifs (C(OH)–C–C–N with tert-alkyl or cyclic N) is 1. The van der Waals surface area contributed by atoms with Crippen molar-refractivity contribution in [3.05, 3.63) is 78.4 Å². The van der Waals surface area contributed by atoms with Crippen LogP contribution in [0.25, 0.3) is 0 Å². The molecule has 0 saturated carbocycles. The number of benzene rings is 2. The lowest BCUT2D eigenvalue weighted by Crippen LogP contribution is -2.51. The molecule has 1 N–H and O–H groups in total. The number of hydrogen-bond donors (Lipinski definition) is 1. The van der Waals surface area contributed by atoms with Gasteiger partial charge < -0.3 is 19.1 Å². The van der Waals surface area contributed by atoms with Crippen LogP contribution in [0, 0.1) is 6.92 Å². The van der Waals surface area contributed by atoms with Crippen molar-refractivity contribution in [3.63, 3.8) is 0 Å². The maximum absolute atomic E-state index is 11.1. The van der Waals surface area contributed by atoms with E-state index in [1.54, 1.807) is 6.20 Å². The van der Waals surface area contributed by atoms with Crippen LogP contribution in [0.1, 0.15) is 24.2 Å². The van der Waals surface area contributed by atoms with Crippen LogP contribution in [-0.4, -0.2) is 51.5 Å². The molecule has 3 aromatic rings. The Morgan fingerprint density at radius 1 is 1.06 bits per heavy atom. The third-order valence-electron chi connectivity index (χ3n) is 5.71. The predicted molar refractivity (Wildman–Crippen MR) is 120 cm³/mol. The summed E-state index contributed by atoms with van der Waals surface area (Å²) in [6.45, 7) is 6.03. The predicted octanol–water partition coefficient (Wildman–Crippen LogP) is 3.68. The van der Waals surface area contributed by atoms with Crippen LogP contribution >= 0.6 is 0 Å². The molecule has 0 bridgehead atoms. The highest BCUT2D eigenvalue weighted by molar-refractivity contribution is 5.28. The second-order valence-electron chi connectivity index (χ2n) is 8.30. The zero-order valence-corrected chi connectivity index (χ0v) is 18.1. The largest absolute Gasteiger partial charge is 0.492 e. The SMILES string of the molecule is Cc1nccn1CCOc1cccc(CN2CCC[C@](O)(COc3ccccc3)C2)c1. The number of aromatic nitrogens is 2. The Labute approximate surface area is 184 Å². The summed E-state index contributed by atoms with van der Waals surface area (Å²) in [5, 5.41) is 11.1. The Morgan fingerprint density at radius 2 is 1.90 bits per heavy atom. The molecule has 1 aliphatic rings. The lowest BCUT2D eigenvalue weighted by Gasteiger charge is -2.39. The molecule has 0 aliphatic carbocycles. The second-order valence-corrected chi connectivity index (χ2v) is 8.30. The normalized spacial score (nSPS) is 19.3. The summed E-state index contributed by atoms with van der Waals surface area (Å²) in [5.41, 5.74) is 0.356. The molecule has 0 amide bonds. The van der Waals surface area contributed by atoms with Crippen LogP contribution in [0.3, 0.4) is 0 Å². The third kappa shape index (κ3) is 6.09. The van der Waals surface area contributed by atoms with Crippen molar-refractivity contribution in [1.82, 2.24) is 14.5 Å². The maximum atomic E-state index is 11.1. The van der Waals surface area contributed by atoms with Crippen molar-refractivity contribution in [3.8, 4) is 11.5 Å². The summed E-state index contributed by atoms with van der Waals surface area (Å²) >= 11 is 0. The van der Waals surface area contributed by atoms with E-state index in [0.717, 1.165) is 49.8 Å². The quantitative estimate of drug-likeness (QED) is 0.571. The van der Waals surface area contributed by atoms with E-state index in [1.807, 2.05) is 55.6 Å². The summed E-state index contributed by atoms with van der Waals surface area (Å²) in [6, 6.07) is 17.9. The monoisotopic (exact) mass is 421 g/mol. The Morgan fingerprint density at radius 3 is 2.71 bits per heavy atom. The molecule has 1 saturated heterocycles. The van der Waals surface area contributed by atoms with Crippen molar-refractivity contribution in [2.24, 2.45) is 0 Å². The highest BCUT2D eigenvalue weighted by Crippen LogP contribution is 2.25. The van der Waals surface area contributed by atoms with Crippen molar-refractivity contribution in [1.29, 1.82) is 0 Å². The molecule has 6 nitrogen and oxygen atoms in total. The molecule has 2 heterocycles. The number of rotatable bonds is 9. The Hall–Kier alpha value is -2.83. The number of ether oxygens (including phenoxy) is 2. The topological polar surface area (TPSA) is 59.8 Å². The summed E-state index contributed by atoms with van der Waals surface area (Å²) < 4.78 is 13.9. The minimum atomic E-state index is -0.829. The number of hydrogen-bond acceptors (Lipinski definition) is 5. The number of piperidine rings is 1. The van der Waals surface area contributed by atoms with Gasteiger partial charge in [0.2, 0.25) is 0 Å². The van der Waals surface area contributed by atoms with Gasteiger partial charge in [-0.15, -0.1) is 0 Å². The lowest BCUT2D eigenvalue weighted by atomic mass is 9.93. The van der Waals surface area contributed by atoms with Gasteiger partial charge in [-0.1, -0.05) is 30.3 Å². The number of nitrogens with zero attached hydrogens (tertiary/aromatic N) is 3. The fourth-order valence-corrected chi connectivity index (χ4v) is 4.09. The van der Waals surface area contributed by atoms with E-state index < -0.39 is 5.60 Å². The Bertz CT molecular complexity index is 959. The smallest absolute Gasteiger partial charge is 0.119 e. The zero-order valence-electron chi connectivity index (χ0n) is 18.1. The molecule has 0 radical (unpaired) electrons. The number of likely N-dealkylation sites (tertiary alicyclic amines) is 1. The van der Waals surface area contributed by atoms with E-state index in [1.165, 1.54) is 5.56 Å². The molecule has 1 aliphatic heterocycles. The first-order valence-corrected chi connectivity index (χ1v) is 10.9.